The molecule has 160 valence electrons. The summed E-state index contributed by atoms with van der Waals surface area (Å²) < 4.78 is 5.78. The van der Waals surface area contributed by atoms with E-state index in [-0.39, 0.29) is 5.97 Å². The van der Waals surface area contributed by atoms with Gasteiger partial charge in [0, 0.05) is 23.5 Å². The standard InChI is InChI=1S/C23H28N2O4S/c1-25-17-7-8-18(25)12-15(11-17)14-29-23(28)21(16-5-3-2-4-6-16)24-13-19-9-10-20(30-19)22(26)27/h2-6,9-10,15,17-18,21,24H,7-8,11-14H2,1H3,(H,26,27)/t15?,17-,18+,21?. The van der Waals surface area contributed by atoms with Crippen LogP contribution in [0.4, 0.5) is 0 Å². The molecule has 4 atom stereocenters. The van der Waals surface area contributed by atoms with Gasteiger partial charge in [0.15, 0.2) is 0 Å². The van der Waals surface area contributed by atoms with E-state index >= 15 is 0 Å². The molecular weight excluding hydrogens is 400 g/mol. The number of carbonyl (C=O) groups excluding carboxylic acids is 1. The third-order valence-electron chi connectivity index (χ3n) is 6.38. The van der Waals surface area contributed by atoms with Crippen LogP contribution in [0.2, 0.25) is 0 Å². The number of rotatable bonds is 8. The Morgan fingerprint density at radius 1 is 1.17 bits per heavy atom. The Bertz CT molecular complexity index is 870. The normalized spacial score (nSPS) is 24.5. The van der Waals surface area contributed by atoms with Crippen LogP contribution in [-0.2, 0) is 16.1 Å². The summed E-state index contributed by atoms with van der Waals surface area (Å²) >= 11 is 1.21. The maximum absolute atomic E-state index is 13.0. The Balaban J connectivity index is 1.38. The first-order chi connectivity index (χ1) is 14.5. The third kappa shape index (κ3) is 4.74. The number of carbonyl (C=O) groups is 2. The van der Waals surface area contributed by atoms with Crippen LogP contribution >= 0.6 is 11.3 Å². The maximum atomic E-state index is 13.0. The van der Waals surface area contributed by atoms with Crippen molar-refractivity contribution in [3.63, 3.8) is 0 Å². The van der Waals surface area contributed by atoms with Gasteiger partial charge in [0.25, 0.3) is 0 Å². The Morgan fingerprint density at radius 2 is 1.87 bits per heavy atom. The molecule has 2 aliphatic heterocycles. The summed E-state index contributed by atoms with van der Waals surface area (Å²) in [4.78, 5) is 27.7. The van der Waals surface area contributed by atoms with E-state index < -0.39 is 12.0 Å². The average molecular weight is 429 g/mol. The molecule has 4 rings (SSSR count). The fraction of sp³-hybridized carbons (Fsp3) is 0.478. The van der Waals surface area contributed by atoms with Crippen molar-refractivity contribution in [2.45, 2.75) is 50.4 Å². The second-order valence-electron chi connectivity index (χ2n) is 8.31. The van der Waals surface area contributed by atoms with Gasteiger partial charge in [-0.3, -0.25) is 5.32 Å². The summed E-state index contributed by atoms with van der Waals surface area (Å²) in [6, 6.07) is 13.6. The predicted molar refractivity (Wildman–Crippen MR) is 116 cm³/mol. The maximum Gasteiger partial charge on any atom is 0.345 e. The van der Waals surface area contributed by atoms with Crippen LogP contribution in [0.3, 0.4) is 0 Å². The van der Waals surface area contributed by atoms with E-state index in [4.69, 9.17) is 9.84 Å². The number of fused-ring (bicyclic) bond motifs is 2. The molecule has 2 aromatic rings. The number of hydrogen-bond acceptors (Lipinski definition) is 6. The number of nitrogens with zero attached hydrogens (tertiary/aromatic N) is 1. The second kappa shape index (κ2) is 9.29. The molecule has 1 aromatic heterocycles. The monoisotopic (exact) mass is 428 g/mol. The van der Waals surface area contributed by atoms with Gasteiger partial charge in [-0.15, -0.1) is 11.3 Å². The number of esters is 1. The molecule has 2 saturated heterocycles. The van der Waals surface area contributed by atoms with Crippen LogP contribution < -0.4 is 5.32 Å². The highest BCUT2D eigenvalue weighted by molar-refractivity contribution is 7.13. The molecule has 6 nitrogen and oxygen atoms in total. The highest BCUT2D eigenvalue weighted by Gasteiger charge is 2.38. The van der Waals surface area contributed by atoms with E-state index in [1.807, 2.05) is 30.3 Å². The van der Waals surface area contributed by atoms with Gasteiger partial charge in [-0.2, -0.15) is 0 Å². The van der Waals surface area contributed by atoms with E-state index in [0.717, 1.165) is 23.3 Å². The summed E-state index contributed by atoms with van der Waals surface area (Å²) in [5.74, 6) is -0.783. The van der Waals surface area contributed by atoms with Crippen molar-refractivity contribution in [1.82, 2.24) is 10.2 Å². The van der Waals surface area contributed by atoms with E-state index in [1.165, 1.54) is 24.2 Å². The van der Waals surface area contributed by atoms with Crippen molar-refractivity contribution in [1.29, 1.82) is 0 Å². The van der Waals surface area contributed by atoms with E-state index in [0.29, 0.717) is 36.0 Å². The second-order valence-corrected chi connectivity index (χ2v) is 9.48. The molecule has 7 heteroatoms. The van der Waals surface area contributed by atoms with E-state index in [9.17, 15) is 9.59 Å². The summed E-state index contributed by atoms with van der Waals surface area (Å²) in [5, 5.41) is 12.4. The van der Waals surface area contributed by atoms with Gasteiger partial charge in [-0.25, -0.2) is 9.59 Å². The lowest BCUT2D eigenvalue weighted by molar-refractivity contribution is -0.148. The van der Waals surface area contributed by atoms with Gasteiger partial charge in [0.2, 0.25) is 0 Å². The number of carboxylic acid groups (broad SMARTS) is 1. The minimum absolute atomic E-state index is 0.275. The molecule has 0 radical (unpaired) electrons. The summed E-state index contributed by atoms with van der Waals surface area (Å²) in [5.41, 5.74) is 0.848. The van der Waals surface area contributed by atoms with Crippen molar-refractivity contribution in [2.75, 3.05) is 13.7 Å². The van der Waals surface area contributed by atoms with Crippen LogP contribution in [0.1, 0.15) is 51.8 Å². The Morgan fingerprint density at radius 3 is 2.50 bits per heavy atom. The van der Waals surface area contributed by atoms with Gasteiger partial charge in [0.1, 0.15) is 10.9 Å². The third-order valence-corrected chi connectivity index (χ3v) is 7.45. The molecule has 0 spiro atoms. The number of nitrogens with one attached hydrogen (secondary N) is 1. The first-order valence-corrected chi connectivity index (χ1v) is 11.3. The molecule has 0 saturated carbocycles. The van der Waals surface area contributed by atoms with Crippen molar-refractivity contribution in [3.8, 4) is 0 Å². The van der Waals surface area contributed by atoms with Crippen molar-refractivity contribution >= 4 is 23.3 Å². The molecule has 2 unspecified atom stereocenters. The van der Waals surface area contributed by atoms with Gasteiger partial charge in [-0.05, 0) is 56.3 Å². The number of thiophene rings is 1. The zero-order valence-electron chi connectivity index (χ0n) is 17.1. The van der Waals surface area contributed by atoms with E-state index in [1.54, 1.807) is 12.1 Å². The number of carboxylic acids is 1. The first-order valence-electron chi connectivity index (χ1n) is 10.5. The highest BCUT2D eigenvalue weighted by Crippen LogP contribution is 2.37. The number of ether oxygens (including phenoxy) is 1. The number of piperidine rings is 1. The quantitative estimate of drug-likeness (QED) is 0.625. The van der Waals surface area contributed by atoms with Crippen LogP contribution in [0.15, 0.2) is 42.5 Å². The van der Waals surface area contributed by atoms with Crippen LogP contribution in [-0.4, -0.2) is 47.7 Å². The topological polar surface area (TPSA) is 78.9 Å². The predicted octanol–water partition coefficient (Wildman–Crippen LogP) is 3.69. The van der Waals surface area contributed by atoms with E-state index in [2.05, 4.69) is 17.3 Å². The molecule has 2 N–H and O–H groups in total. The van der Waals surface area contributed by atoms with Crippen LogP contribution in [0.25, 0.3) is 0 Å². The van der Waals surface area contributed by atoms with Crippen LogP contribution in [0.5, 0.6) is 0 Å². The summed E-state index contributed by atoms with van der Waals surface area (Å²) in [7, 11) is 2.21. The molecule has 0 aliphatic carbocycles. The fourth-order valence-corrected chi connectivity index (χ4v) is 5.51. The summed E-state index contributed by atoms with van der Waals surface area (Å²) in [6.45, 7) is 0.873. The number of hydrogen-bond donors (Lipinski definition) is 2. The van der Waals surface area contributed by atoms with Gasteiger partial charge in [0.05, 0.1) is 6.61 Å². The van der Waals surface area contributed by atoms with Crippen molar-refractivity contribution < 1.29 is 19.4 Å². The first kappa shape index (κ1) is 21.0. The molecule has 1 aromatic carbocycles. The smallest absolute Gasteiger partial charge is 0.345 e. The number of benzene rings is 1. The molecule has 2 aliphatic rings. The Labute approximate surface area is 180 Å². The molecular formula is C23H28N2O4S. The fourth-order valence-electron chi connectivity index (χ4n) is 4.72. The minimum Gasteiger partial charge on any atom is -0.477 e. The summed E-state index contributed by atoms with van der Waals surface area (Å²) in [6.07, 6.45) is 4.69. The van der Waals surface area contributed by atoms with Gasteiger partial charge in [-0.1, -0.05) is 30.3 Å². The lowest BCUT2D eigenvalue weighted by Crippen LogP contribution is -2.41. The largest absolute Gasteiger partial charge is 0.477 e. The Kier molecular flexibility index (Phi) is 6.51. The molecule has 30 heavy (non-hydrogen) atoms. The highest BCUT2D eigenvalue weighted by atomic mass is 32.1. The zero-order chi connectivity index (χ0) is 21.1. The molecule has 0 amide bonds. The lowest BCUT2D eigenvalue weighted by Gasteiger charge is -2.36. The van der Waals surface area contributed by atoms with Gasteiger partial charge >= 0.3 is 11.9 Å². The molecule has 2 fully saturated rings. The van der Waals surface area contributed by atoms with Crippen LogP contribution in [0, 0.1) is 5.92 Å². The molecule has 3 heterocycles. The van der Waals surface area contributed by atoms with Crippen molar-refractivity contribution in [2.24, 2.45) is 5.92 Å². The zero-order valence-corrected chi connectivity index (χ0v) is 17.9. The van der Waals surface area contributed by atoms with Gasteiger partial charge < -0.3 is 14.7 Å². The average Bonchev–Trinajstić information content (AvgIpc) is 3.28. The number of aromatic carboxylic acids is 1. The Hall–Kier alpha value is -2.22. The lowest BCUT2D eigenvalue weighted by atomic mass is 9.92. The minimum atomic E-state index is -0.933. The molecule has 2 bridgehead atoms. The SMILES string of the molecule is CN1[C@@H]2CC[C@H]1CC(COC(=O)C(NCc1ccc(C(=O)O)s1)c1ccccc1)C2. The van der Waals surface area contributed by atoms with Crippen molar-refractivity contribution in [3.05, 3.63) is 57.8 Å².